The van der Waals surface area contributed by atoms with Gasteiger partial charge in [-0.1, -0.05) is 109 Å². The van der Waals surface area contributed by atoms with E-state index in [9.17, 15) is 0 Å². The van der Waals surface area contributed by atoms with E-state index >= 15 is 0 Å². The van der Waals surface area contributed by atoms with E-state index in [4.69, 9.17) is 9.83 Å². The molecule has 7 aromatic carbocycles. The molecule has 0 saturated heterocycles. The van der Waals surface area contributed by atoms with Crippen LogP contribution < -0.4 is 0 Å². The Morgan fingerprint density at radius 1 is 0.549 bits per heavy atom. The van der Waals surface area contributed by atoms with E-state index < -0.39 is 0 Å². The fourth-order valence-corrected chi connectivity index (χ4v) is 7.60. The van der Waals surface area contributed by atoms with Crippen molar-refractivity contribution >= 4 is 77.6 Å². The average molecular weight is 655 g/mol. The molecular weight excluding hydrogens is 625 g/mol. The van der Waals surface area contributed by atoms with Crippen LogP contribution >= 0.6 is 0 Å². The number of para-hydroxylation sites is 5. The maximum absolute atomic E-state index is 8.87. The summed E-state index contributed by atoms with van der Waals surface area (Å²) < 4.78 is 10.8. The molecule has 0 saturated carbocycles. The summed E-state index contributed by atoms with van der Waals surface area (Å²) in [5.74, 6) is 0. The van der Waals surface area contributed by atoms with Gasteiger partial charge in [-0.15, -0.1) is 0 Å². The lowest BCUT2D eigenvalue weighted by Gasteiger charge is -2.08. The zero-order valence-electron chi connectivity index (χ0n) is 27.5. The van der Waals surface area contributed by atoms with E-state index in [-0.39, 0.29) is 0 Å². The van der Waals surface area contributed by atoms with E-state index in [1.165, 1.54) is 21.8 Å². The van der Waals surface area contributed by atoms with Crippen molar-refractivity contribution in [1.29, 1.82) is 5.41 Å². The largest absolute Gasteiger partial charge is 0.455 e. The zero-order chi connectivity index (χ0) is 33.9. The second-order valence-electron chi connectivity index (χ2n) is 12.8. The third kappa shape index (κ3) is 4.63. The molecule has 3 aromatic heterocycles. The summed E-state index contributed by atoms with van der Waals surface area (Å²) in [6, 6.07) is 54.7. The number of hydrogen-bond acceptors (Lipinski definition) is 3. The standard InChI is InChI=1S/C46H30N4O/c47-40(31-12-9-11-30(27-31)33-17-10-18-38-37-16-4-8-22-45(37)51-46(33)38)25-26-48-29-49-41-19-5-1-15-36(41)39-28-32(23-24-42(39)49)50-43-20-6-2-13-34(43)35-14-3-7-21-44(35)50/h1-29,47H/b26-25-,47-40?,48-29?. The first kappa shape index (κ1) is 29.0. The molecular formula is C46H30N4O. The van der Waals surface area contributed by atoms with Gasteiger partial charge in [0.05, 0.1) is 34.1 Å². The predicted molar refractivity (Wildman–Crippen MR) is 213 cm³/mol. The summed E-state index contributed by atoms with van der Waals surface area (Å²) in [6.07, 6.45) is 5.28. The van der Waals surface area contributed by atoms with Crippen molar-refractivity contribution < 1.29 is 4.42 Å². The van der Waals surface area contributed by atoms with Crippen LogP contribution in [0.2, 0.25) is 0 Å². The molecule has 51 heavy (non-hydrogen) atoms. The maximum Gasteiger partial charge on any atom is 0.143 e. The molecule has 0 spiro atoms. The van der Waals surface area contributed by atoms with Crippen LogP contribution in [0.3, 0.4) is 0 Å². The number of furan rings is 1. The molecule has 10 aromatic rings. The van der Waals surface area contributed by atoms with E-state index in [1.807, 2.05) is 42.7 Å². The van der Waals surface area contributed by atoms with Crippen LogP contribution in [0.4, 0.5) is 0 Å². The minimum atomic E-state index is 0.379. The van der Waals surface area contributed by atoms with Gasteiger partial charge < -0.3 is 14.4 Å². The SMILES string of the molecule is N=C(/C=C\N=Cn1c2ccccc2c2cc(-n3c4ccccc4c4ccccc43)ccc21)c1cccc(-c2cccc3c2oc2ccccc23)c1. The summed E-state index contributed by atoms with van der Waals surface area (Å²) in [5, 5.41) is 15.9. The second-order valence-corrected chi connectivity index (χ2v) is 12.8. The molecule has 1 N–H and O–H groups in total. The Labute approximate surface area is 293 Å². The molecule has 0 aliphatic carbocycles. The van der Waals surface area contributed by atoms with Crippen LogP contribution in [0.5, 0.6) is 0 Å². The van der Waals surface area contributed by atoms with E-state index in [0.29, 0.717) is 5.71 Å². The van der Waals surface area contributed by atoms with Crippen LogP contribution in [-0.2, 0) is 0 Å². The molecule has 0 aliphatic heterocycles. The molecule has 5 nitrogen and oxygen atoms in total. The van der Waals surface area contributed by atoms with Gasteiger partial charge in [0.25, 0.3) is 0 Å². The summed E-state index contributed by atoms with van der Waals surface area (Å²) >= 11 is 0. The molecule has 0 fully saturated rings. The minimum absolute atomic E-state index is 0.379. The number of aliphatic imine (C=N–C) groups is 1. The average Bonchev–Trinajstić information content (AvgIpc) is 3.84. The Hall–Kier alpha value is -6.98. The number of rotatable bonds is 6. The molecule has 0 unspecified atom stereocenters. The molecule has 0 aliphatic rings. The second kappa shape index (κ2) is 11.6. The van der Waals surface area contributed by atoms with Crippen molar-refractivity contribution in [2.75, 3.05) is 0 Å². The van der Waals surface area contributed by atoms with Gasteiger partial charge in [-0.25, -0.2) is 4.99 Å². The number of nitrogens with one attached hydrogen (secondary N) is 1. The molecule has 240 valence electrons. The summed E-state index contributed by atoms with van der Waals surface area (Å²) in [4.78, 5) is 4.68. The summed E-state index contributed by atoms with van der Waals surface area (Å²) in [6.45, 7) is 0. The Bertz CT molecular complexity index is 3010. The number of fused-ring (bicyclic) bond motifs is 9. The lowest BCUT2D eigenvalue weighted by atomic mass is 9.99. The minimum Gasteiger partial charge on any atom is -0.455 e. The van der Waals surface area contributed by atoms with Gasteiger partial charge in [-0.05, 0) is 60.2 Å². The summed E-state index contributed by atoms with van der Waals surface area (Å²) in [7, 11) is 0. The number of nitrogens with zero attached hydrogens (tertiary/aromatic N) is 3. The predicted octanol–water partition coefficient (Wildman–Crippen LogP) is 11.9. The van der Waals surface area contributed by atoms with E-state index in [1.54, 1.807) is 12.3 Å². The summed E-state index contributed by atoms with van der Waals surface area (Å²) in [5.41, 5.74) is 10.6. The molecule has 0 radical (unpaired) electrons. The number of hydrogen-bond donors (Lipinski definition) is 1. The molecule has 10 rings (SSSR count). The van der Waals surface area contributed by atoms with Crippen LogP contribution in [0, 0.1) is 5.41 Å². The molecule has 0 atom stereocenters. The Morgan fingerprint density at radius 3 is 1.96 bits per heavy atom. The quantitative estimate of drug-likeness (QED) is 0.141. The fraction of sp³-hybridized carbons (Fsp3) is 0. The van der Waals surface area contributed by atoms with Crippen molar-refractivity contribution in [2.45, 2.75) is 0 Å². The van der Waals surface area contributed by atoms with E-state index in [0.717, 1.165) is 66.1 Å². The zero-order valence-corrected chi connectivity index (χ0v) is 27.5. The highest BCUT2D eigenvalue weighted by Gasteiger charge is 2.15. The van der Waals surface area contributed by atoms with Crippen LogP contribution in [-0.4, -0.2) is 21.2 Å². The first-order chi connectivity index (χ1) is 25.2. The maximum atomic E-state index is 8.87. The van der Waals surface area contributed by atoms with Crippen molar-refractivity contribution in [3.63, 3.8) is 0 Å². The number of allylic oxidation sites excluding steroid dienone is 1. The first-order valence-electron chi connectivity index (χ1n) is 17.0. The first-order valence-corrected chi connectivity index (χ1v) is 17.0. The smallest absolute Gasteiger partial charge is 0.143 e. The lowest BCUT2D eigenvalue weighted by molar-refractivity contribution is 0.670. The topological polar surface area (TPSA) is 59.2 Å². The van der Waals surface area contributed by atoms with Crippen LogP contribution in [0.15, 0.2) is 179 Å². The molecule has 3 heterocycles. The highest BCUT2D eigenvalue weighted by Crippen LogP contribution is 2.37. The molecule has 5 heteroatoms. The van der Waals surface area contributed by atoms with Crippen LogP contribution in [0.25, 0.3) is 82.4 Å². The van der Waals surface area contributed by atoms with Gasteiger partial charge in [0.1, 0.15) is 11.2 Å². The third-order valence-electron chi connectivity index (χ3n) is 9.93. The highest BCUT2D eigenvalue weighted by molar-refractivity contribution is 6.14. The van der Waals surface area contributed by atoms with Gasteiger partial charge >= 0.3 is 0 Å². The Kier molecular flexibility index (Phi) is 6.58. The van der Waals surface area contributed by atoms with Crippen molar-refractivity contribution in [3.8, 4) is 16.8 Å². The monoisotopic (exact) mass is 654 g/mol. The van der Waals surface area contributed by atoms with Gasteiger partial charge in [0.2, 0.25) is 0 Å². The fourth-order valence-electron chi connectivity index (χ4n) is 7.60. The highest BCUT2D eigenvalue weighted by atomic mass is 16.3. The Balaban J connectivity index is 0.981. The van der Waals surface area contributed by atoms with Crippen molar-refractivity contribution in [1.82, 2.24) is 9.13 Å². The third-order valence-corrected chi connectivity index (χ3v) is 9.93. The number of benzene rings is 7. The van der Waals surface area contributed by atoms with E-state index in [2.05, 4.69) is 135 Å². The lowest BCUT2D eigenvalue weighted by Crippen LogP contribution is -1.97. The van der Waals surface area contributed by atoms with Gasteiger partial charge in [-0.3, -0.25) is 4.57 Å². The van der Waals surface area contributed by atoms with Crippen molar-refractivity contribution in [2.24, 2.45) is 4.99 Å². The van der Waals surface area contributed by atoms with Gasteiger partial charge in [0, 0.05) is 55.3 Å². The van der Waals surface area contributed by atoms with Crippen molar-refractivity contribution in [3.05, 3.63) is 176 Å². The molecule has 0 bridgehead atoms. The van der Waals surface area contributed by atoms with Gasteiger partial charge in [0.15, 0.2) is 0 Å². The Morgan fingerprint density at radius 2 is 1.18 bits per heavy atom. The number of aromatic nitrogens is 2. The molecule has 0 amide bonds. The van der Waals surface area contributed by atoms with Gasteiger partial charge in [-0.2, -0.15) is 0 Å². The van der Waals surface area contributed by atoms with Crippen LogP contribution in [0.1, 0.15) is 5.56 Å². The normalized spacial score (nSPS) is 12.2.